The molecule has 0 radical (unpaired) electrons. The third-order valence-electron chi connectivity index (χ3n) is 1.77. The minimum absolute atomic E-state index is 0.268. The minimum atomic E-state index is -2.75. The first-order valence-corrected chi connectivity index (χ1v) is 3.92. The van der Waals surface area contributed by atoms with Gasteiger partial charge in [0.2, 0.25) is 0 Å². The summed E-state index contributed by atoms with van der Waals surface area (Å²) in [6, 6.07) is 9.23. The van der Waals surface area contributed by atoms with Gasteiger partial charge in [-0.05, 0) is 12.6 Å². The molecule has 0 saturated carbocycles. The number of aliphatic hydroxyl groups is 3. The van der Waals surface area contributed by atoms with Crippen LogP contribution in [0.3, 0.4) is 0 Å². The second-order valence-electron chi connectivity index (χ2n) is 2.94. The molecule has 4 heteroatoms. The summed E-state index contributed by atoms with van der Waals surface area (Å²) < 4.78 is 0. The lowest BCUT2D eigenvalue weighted by molar-refractivity contribution is -0.390. The second-order valence-corrected chi connectivity index (χ2v) is 2.94. The first kappa shape index (κ1) is 10.1. The summed E-state index contributed by atoms with van der Waals surface area (Å²) in [6.07, 6.45) is -2.75. The van der Waals surface area contributed by atoms with Crippen molar-refractivity contribution in [3.05, 3.63) is 35.9 Å². The van der Waals surface area contributed by atoms with Gasteiger partial charge in [0.15, 0.2) is 0 Å². The summed E-state index contributed by atoms with van der Waals surface area (Å²) in [5.74, 6) is 0. The molecule has 0 heterocycles. The molecule has 1 rings (SSSR count). The van der Waals surface area contributed by atoms with Crippen LogP contribution in [0.15, 0.2) is 30.3 Å². The summed E-state index contributed by atoms with van der Waals surface area (Å²) in [6.45, 7) is 0.268. The van der Waals surface area contributed by atoms with Crippen molar-refractivity contribution in [2.45, 2.75) is 12.6 Å². The smallest absolute Gasteiger partial charge is 0.330 e. The average molecular weight is 183 g/mol. The summed E-state index contributed by atoms with van der Waals surface area (Å²) in [5.41, 5.74) is 0.895. The molecule has 72 valence electrons. The van der Waals surface area contributed by atoms with E-state index in [1.54, 1.807) is 0 Å². The molecule has 0 atom stereocenters. The molecule has 0 bridgehead atoms. The Balaban J connectivity index is 2.61. The van der Waals surface area contributed by atoms with Crippen LogP contribution in [0.25, 0.3) is 0 Å². The Bertz CT molecular complexity index is 255. The summed E-state index contributed by atoms with van der Waals surface area (Å²) in [5, 5.41) is 26.4. The molecule has 1 aromatic carbocycles. The molecule has 0 aliphatic heterocycles. The van der Waals surface area contributed by atoms with Gasteiger partial charge in [0.25, 0.3) is 0 Å². The SMILES string of the molecule is CN(Cc1ccccc1)C(O)(O)O. The molecule has 3 N–H and O–H groups in total. The first-order chi connectivity index (χ1) is 6.00. The largest absolute Gasteiger partial charge is 0.345 e. The highest BCUT2D eigenvalue weighted by Gasteiger charge is 2.24. The third kappa shape index (κ3) is 3.12. The van der Waals surface area contributed by atoms with Crippen molar-refractivity contribution in [3.63, 3.8) is 0 Å². The molecule has 0 spiro atoms. The van der Waals surface area contributed by atoms with E-state index in [1.165, 1.54) is 7.05 Å². The maximum Gasteiger partial charge on any atom is 0.345 e. The molecule has 4 nitrogen and oxygen atoms in total. The van der Waals surface area contributed by atoms with E-state index in [1.807, 2.05) is 30.3 Å². The fourth-order valence-corrected chi connectivity index (χ4v) is 0.963. The highest BCUT2D eigenvalue weighted by atomic mass is 16.7. The number of hydrogen-bond donors (Lipinski definition) is 3. The molecule has 0 fully saturated rings. The Kier molecular flexibility index (Phi) is 3.00. The molecule has 0 aliphatic carbocycles. The van der Waals surface area contributed by atoms with Gasteiger partial charge in [0.1, 0.15) is 0 Å². The number of rotatable bonds is 3. The number of hydrogen-bond acceptors (Lipinski definition) is 4. The van der Waals surface area contributed by atoms with Crippen LogP contribution in [0.4, 0.5) is 0 Å². The van der Waals surface area contributed by atoms with Crippen LogP contribution in [0.2, 0.25) is 0 Å². The van der Waals surface area contributed by atoms with Crippen molar-refractivity contribution in [2.24, 2.45) is 0 Å². The van der Waals surface area contributed by atoms with E-state index in [0.29, 0.717) is 0 Å². The van der Waals surface area contributed by atoms with Crippen molar-refractivity contribution in [3.8, 4) is 0 Å². The molecular weight excluding hydrogens is 170 g/mol. The van der Waals surface area contributed by atoms with Crippen LogP contribution in [-0.2, 0) is 6.54 Å². The minimum Gasteiger partial charge on any atom is -0.330 e. The van der Waals surface area contributed by atoms with Crippen molar-refractivity contribution < 1.29 is 15.3 Å². The first-order valence-electron chi connectivity index (χ1n) is 3.92. The highest BCUT2D eigenvalue weighted by molar-refractivity contribution is 5.14. The molecule has 0 unspecified atom stereocenters. The molecule has 0 amide bonds. The monoisotopic (exact) mass is 183 g/mol. The van der Waals surface area contributed by atoms with Gasteiger partial charge in [-0.3, -0.25) is 0 Å². The van der Waals surface area contributed by atoms with Crippen LogP contribution in [-0.4, -0.2) is 33.4 Å². The van der Waals surface area contributed by atoms with Crippen LogP contribution < -0.4 is 0 Å². The van der Waals surface area contributed by atoms with Gasteiger partial charge in [-0.15, -0.1) is 0 Å². The summed E-state index contributed by atoms with van der Waals surface area (Å²) in [7, 11) is 1.41. The van der Waals surface area contributed by atoms with E-state index in [9.17, 15) is 0 Å². The fraction of sp³-hybridized carbons (Fsp3) is 0.333. The van der Waals surface area contributed by atoms with E-state index in [4.69, 9.17) is 15.3 Å². The summed E-state index contributed by atoms with van der Waals surface area (Å²) >= 11 is 0. The standard InChI is InChI=1S/C9H13NO3/c1-10(9(11,12)13)7-8-5-3-2-4-6-8/h2-6,11-13H,7H2,1H3. The van der Waals surface area contributed by atoms with Gasteiger partial charge in [0.05, 0.1) is 0 Å². The van der Waals surface area contributed by atoms with E-state index >= 15 is 0 Å². The molecule has 1 aromatic rings. The zero-order chi connectivity index (χ0) is 9.90. The van der Waals surface area contributed by atoms with Crippen LogP contribution >= 0.6 is 0 Å². The Labute approximate surface area is 76.7 Å². The van der Waals surface area contributed by atoms with Crippen molar-refractivity contribution in [1.82, 2.24) is 4.90 Å². The Hall–Kier alpha value is -0.940. The predicted molar refractivity (Wildman–Crippen MR) is 47.3 cm³/mol. The predicted octanol–water partition coefficient (Wildman–Crippen LogP) is -0.293. The van der Waals surface area contributed by atoms with E-state index in [2.05, 4.69) is 0 Å². The van der Waals surface area contributed by atoms with Crippen molar-refractivity contribution in [2.75, 3.05) is 7.05 Å². The van der Waals surface area contributed by atoms with Crippen molar-refractivity contribution in [1.29, 1.82) is 0 Å². The van der Waals surface area contributed by atoms with Crippen LogP contribution in [0.1, 0.15) is 5.56 Å². The van der Waals surface area contributed by atoms with Gasteiger partial charge in [-0.1, -0.05) is 30.3 Å². The Morgan fingerprint density at radius 3 is 2.15 bits per heavy atom. The Morgan fingerprint density at radius 1 is 1.15 bits per heavy atom. The maximum atomic E-state index is 8.78. The van der Waals surface area contributed by atoms with Crippen LogP contribution in [0.5, 0.6) is 0 Å². The highest BCUT2D eigenvalue weighted by Crippen LogP contribution is 2.07. The zero-order valence-electron chi connectivity index (χ0n) is 7.38. The van der Waals surface area contributed by atoms with Crippen LogP contribution in [0, 0.1) is 0 Å². The van der Waals surface area contributed by atoms with E-state index in [0.717, 1.165) is 10.5 Å². The van der Waals surface area contributed by atoms with Gasteiger partial charge in [-0.25, -0.2) is 4.90 Å². The lowest BCUT2D eigenvalue weighted by atomic mass is 10.2. The molecule has 13 heavy (non-hydrogen) atoms. The molecule has 0 saturated heterocycles. The van der Waals surface area contributed by atoms with Gasteiger partial charge >= 0.3 is 6.10 Å². The van der Waals surface area contributed by atoms with Gasteiger partial charge in [-0.2, -0.15) is 0 Å². The second kappa shape index (κ2) is 3.85. The van der Waals surface area contributed by atoms with Gasteiger partial charge < -0.3 is 15.3 Å². The quantitative estimate of drug-likeness (QED) is 0.563. The maximum absolute atomic E-state index is 8.78. The third-order valence-corrected chi connectivity index (χ3v) is 1.77. The van der Waals surface area contributed by atoms with E-state index in [-0.39, 0.29) is 6.54 Å². The fourth-order valence-electron chi connectivity index (χ4n) is 0.963. The number of benzene rings is 1. The molecule has 0 aromatic heterocycles. The lowest BCUT2D eigenvalue weighted by Crippen LogP contribution is -2.45. The Morgan fingerprint density at radius 2 is 1.69 bits per heavy atom. The number of nitrogens with zero attached hydrogens (tertiary/aromatic N) is 1. The summed E-state index contributed by atoms with van der Waals surface area (Å²) in [4.78, 5) is 1.02. The average Bonchev–Trinajstić information content (AvgIpc) is 2.04. The normalized spacial score (nSPS) is 12.1. The topological polar surface area (TPSA) is 63.9 Å². The molecule has 0 aliphatic rings. The molecular formula is C9H13NO3. The zero-order valence-corrected chi connectivity index (χ0v) is 7.38. The van der Waals surface area contributed by atoms with E-state index < -0.39 is 6.10 Å². The van der Waals surface area contributed by atoms with Gasteiger partial charge in [0, 0.05) is 6.54 Å². The lowest BCUT2D eigenvalue weighted by Gasteiger charge is -2.25. The van der Waals surface area contributed by atoms with Crippen molar-refractivity contribution >= 4 is 0 Å².